The molecule has 1 amide bonds. The number of pyridine rings is 2. The molecule has 0 unspecified atom stereocenters. The van der Waals surface area contributed by atoms with E-state index in [1.54, 1.807) is 19.6 Å². The summed E-state index contributed by atoms with van der Waals surface area (Å²) in [5.74, 6) is 3.69. The zero-order valence-electron chi connectivity index (χ0n) is 26.6. The standard InChI is InChI=1S/C34H45N5O5S/c1-22-31(43-2)15-14-29(37-22)25-8-6-24(7-9-25)20-39(34(40)27-10-4-23(5-11-27)19-36-45(3,41)42)32-18-28(16-17-35-32)30-21-44-33(38-30)26-12-13-26/h14-18,21,23-27,36H,4-13,19-20H2,1-3H3/t23-,24-,25-,27-. The first-order valence-corrected chi connectivity index (χ1v) is 18.3. The van der Waals surface area contributed by atoms with Gasteiger partial charge in [0, 0.05) is 48.3 Å². The van der Waals surface area contributed by atoms with E-state index in [0.717, 1.165) is 98.5 Å². The molecular weight excluding hydrogens is 590 g/mol. The Morgan fingerprint density at radius 3 is 2.36 bits per heavy atom. The summed E-state index contributed by atoms with van der Waals surface area (Å²) in [6.45, 7) is 3.04. The fourth-order valence-corrected chi connectivity index (χ4v) is 7.51. The molecule has 11 heteroatoms. The van der Waals surface area contributed by atoms with Gasteiger partial charge in [-0.05, 0) is 107 Å². The van der Waals surface area contributed by atoms with Gasteiger partial charge in [0.1, 0.15) is 23.5 Å². The maximum absolute atomic E-state index is 14.2. The fourth-order valence-electron chi connectivity index (χ4n) is 6.97. The van der Waals surface area contributed by atoms with E-state index in [2.05, 4.69) is 10.8 Å². The third-order valence-electron chi connectivity index (χ3n) is 9.85. The van der Waals surface area contributed by atoms with Crippen molar-refractivity contribution in [2.24, 2.45) is 17.8 Å². The molecule has 3 aliphatic carbocycles. The highest BCUT2D eigenvalue weighted by molar-refractivity contribution is 7.88. The van der Waals surface area contributed by atoms with Crippen molar-refractivity contribution in [3.05, 3.63) is 54.0 Å². The predicted molar refractivity (Wildman–Crippen MR) is 173 cm³/mol. The summed E-state index contributed by atoms with van der Waals surface area (Å²) < 4.78 is 37.0. The lowest BCUT2D eigenvalue weighted by atomic mass is 9.79. The number of hydrogen-bond donors (Lipinski definition) is 1. The second kappa shape index (κ2) is 13.6. The SMILES string of the molecule is COc1ccc([C@H]2CC[C@H](CN(c3cc(-c4coc(C5CC5)n4)ccn3)C(=O)[C@H]3CC[C@H](CNS(C)(=O)=O)CC3)CC2)nc1C. The van der Waals surface area contributed by atoms with Gasteiger partial charge in [-0.15, -0.1) is 0 Å². The Morgan fingerprint density at radius 1 is 0.978 bits per heavy atom. The Balaban J connectivity index is 1.16. The van der Waals surface area contributed by atoms with E-state index in [4.69, 9.17) is 24.1 Å². The van der Waals surface area contributed by atoms with Gasteiger partial charge < -0.3 is 9.15 Å². The van der Waals surface area contributed by atoms with Crippen LogP contribution in [0.1, 0.15) is 93.3 Å². The number of aryl methyl sites for hydroxylation is 1. The van der Waals surface area contributed by atoms with Crippen LogP contribution in [0.2, 0.25) is 0 Å². The summed E-state index contributed by atoms with van der Waals surface area (Å²) in [7, 11) is -1.56. The minimum absolute atomic E-state index is 0.110. The van der Waals surface area contributed by atoms with E-state index < -0.39 is 10.0 Å². The Hall–Kier alpha value is -3.31. The van der Waals surface area contributed by atoms with Crippen LogP contribution in [0, 0.1) is 24.7 Å². The molecule has 3 heterocycles. The third kappa shape index (κ3) is 7.92. The van der Waals surface area contributed by atoms with Gasteiger partial charge in [0.15, 0.2) is 5.89 Å². The molecule has 10 nitrogen and oxygen atoms in total. The Kier molecular flexibility index (Phi) is 9.56. The Labute approximate surface area is 266 Å². The van der Waals surface area contributed by atoms with Gasteiger partial charge in [0.05, 0.1) is 19.1 Å². The summed E-state index contributed by atoms with van der Waals surface area (Å²) in [4.78, 5) is 30.4. The van der Waals surface area contributed by atoms with E-state index in [9.17, 15) is 13.2 Å². The molecule has 242 valence electrons. The van der Waals surface area contributed by atoms with Gasteiger partial charge in [-0.1, -0.05) is 0 Å². The van der Waals surface area contributed by atoms with Crippen molar-refractivity contribution in [3.8, 4) is 17.0 Å². The molecule has 0 saturated heterocycles. The predicted octanol–water partition coefficient (Wildman–Crippen LogP) is 5.99. The number of oxazole rings is 1. The van der Waals surface area contributed by atoms with Crippen LogP contribution in [0.3, 0.4) is 0 Å². The molecule has 3 saturated carbocycles. The maximum Gasteiger partial charge on any atom is 0.231 e. The van der Waals surface area contributed by atoms with Crippen LogP contribution in [0.4, 0.5) is 5.82 Å². The van der Waals surface area contributed by atoms with Crippen LogP contribution >= 0.6 is 0 Å². The Bertz CT molecular complexity index is 1590. The van der Waals surface area contributed by atoms with Crippen molar-refractivity contribution < 1.29 is 22.4 Å². The van der Waals surface area contributed by atoms with Crippen molar-refractivity contribution in [1.82, 2.24) is 19.7 Å². The van der Waals surface area contributed by atoms with Crippen LogP contribution in [0.5, 0.6) is 5.75 Å². The molecular formula is C34H45N5O5S. The van der Waals surface area contributed by atoms with Crippen molar-refractivity contribution in [1.29, 1.82) is 0 Å². The van der Waals surface area contributed by atoms with Crippen LogP contribution in [0.25, 0.3) is 11.3 Å². The molecule has 0 atom stereocenters. The van der Waals surface area contributed by atoms with Crippen molar-refractivity contribution in [2.75, 3.05) is 31.4 Å². The zero-order valence-corrected chi connectivity index (χ0v) is 27.4. The highest BCUT2D eigenvalue weighted by Gasteiger charge is 2.34. The number of methoxy groups -OCH3 is 1. The average Bonchev–Trinajstić information content (AvgIpc) is 3.78. The number of carbonyl (C=O) groups excluding carboxylic acids is 1. The molecule has 0 bridgehead atoms. The number of sulfonamides is 1. The lowest BCUT2D eigenvalue weighted by Crippen LogP contribution is -2.42. The molecule has 0 radical (unpaired) electrons. The number of ether oxygens (including phenoxy) is 1. The topological polar surface area (TPSA) is 128 Å². The number of amides is 1. The van der Waals surface area contributed by atoms with Crippen molar-refractivity contribution in [3.63, 3.8) is 0 Å². The summed E-state index contributed by atoms with van der Waals surface area (Å²) in [5, 5.41) is 0. The van der Waals surface area contributed by atoms with Crippen LogP contribution in [-0.4, -0.2) is 55.7 Å². The Morgan fingerprint density at radius 2 is 1.69 bits per heavy atom. The molecule has 0 aromatic carbocycles. The maximum atomic E-state index is 14.2. The summed E-state index contributed by atoms with van der Waals surface area (Å²) in [6, 6.07) is 8.00. The quantitative estimate of drug-likeness (QED) is 0.272. The second-order valence-corrected chi connectivity index (χ2v) is 15.1. The average molecular weight is 636 g/mol. The third-order valence-corrected chi connectivity index (χ3v) is 10.5. The number of anilines is 1. The number of hydrogen-bond acceptors (Lipinski definition) is 8. The summed E-state index contributed by atoms with van der Waals surface area (Å²) in [5.41, 5.74) is 3.70. The fraction of sp³-hybridized carbons (Fsp3) is 0.588. The zero-order chi connectivity index (χ0) is 31.6. The van der Waals surface area contributed by atoms with E-state index in [1.807, 2.05) is 30.0 Å². The van der Waals surface area contributed by atoms with Gasteiger partial charge in [0.2, 0.25) is 15.9 Å². The normalized spacial score (nSPS) is 23.9. The summed E-state index contributed by atoms with van der Waals surface area (Å²) in [6.07, 6.45) is 14.1. The lowest BCUT2D eigenvalue weighted by Gasteiger charge is -2.35. The van der Waals surface area contributed by atoms with Gasteiger partial charge in [-0.25, -0.2) is 23.1 Å². The van der Waals surface area contributed by atoms with Crippen LogP contribution in [-0.2, 0) is 14.8 Å². The van der Waals surface area contributed by atoms with Crippen molar-refractivity contribution in [2.45, 2.75) is 83.0 Å². The first-order chi connectivity index (χ1) is 21.7. The molecule has 3 fully saturated rings. The van der Waals surface area contributed by atoms with E-state index in [0.29, 0.717) is 36.7 Å². The molecule has 1 N–H and O–H groups in total. The number of nitrogens with one attached hydrogen (secondary N) is 1. The minimum atomic E-state index is -3.23. The van der Waals surface area contributed by atoms with Gasteiger partial charge >= 0.3 is 0 Å². The first kappa shape index (κ1) is 31.7. The summed E-state index contributed by atoms with van der Waals surface area (Å²) >= 11 is 0. The molecule has 0 aliphatic heterocycles. The number of rotatable bonds is 11. The van der Waals surface area contributed by atoms with E-state index in [1.165, 1.54) is 6.26 Å². The highest BCUT2D eigenvalue weighted by atomic mass is 32.2. The van der Waals surface area contributed by atoms with Gasteiger partial charge in [0.25, 0.3) is 0 Å². The highest BCUT2D eigenvalue weighted by Crippen LogP contribution is 2.41. The molecule has 3 aromatic heterocycles. The van der Waals surface area contributed by atoms with Crippen LogP contribution < -0.4 is 14.4 Å². The molecule has 45 heavy (non-hydrogen) atoms. The first-order valence-electron chi connectivity index (χ1n) is 16.4. The van der Waals surface area contributed by atoms with Crippen LogP contribution in [0.15, 0.2) is 41.1 Å². The van der Waals surface area contributed by atoms with E-state index >= 15 is 0 Å². The second-order valence-electron chi connectivity index (χ2n) is 13.3. The number of carbonyl (C=O) groups is 1. The number of nitrogens with zero attached hydrogens (tertiary/aromatic N) is 4. The van der Waals surface area contributed by atoms with E-state index in [-0.39, 0.29) is 17.7 Å². The molecule has 0 spiro atoms. The molecule has 6 rings (SSSR count). The minimum Gasteiger partial charge on any atom is -0.495 e. The smallest absolute Gasteiger partial charge is 0.231 e. The van der Waals surface area contributed by atoms with Crippen molar-refractivity contribution >= 4 is 21.7 Å². The monoisotopic (exact) mass is 635 g/mol. The van der Waals surface area contributed by atoms with Gasteiger partial charge in [-0.3, -0.25) is 14.7 Å². The number of aromatic nitrogens is 3. The van der Waals surface area contributed by atoms with Gasteiger partial charge in [-0.2, -0.15) is 0 Å². The lowest BCUT2D eigenvalue weighted by molar-refractivity contribution is -0.123. The largest absolute Gasteiger partial charge is 0.495 e. The molecule has 3 aliphatic rings. The molecule has 3 aromatic rings.